The van der Waals surface area contributed by atoms with Crippen molar-refractivity contribution < 1.29 is 0 Å². The van der Waals surface area contributed by atoms with Gasteiger partial charge in [-0.3, -0.25) is 0 Å². The van der Waals surface area contributed by atoms with E-state index in [4.69, 9.17) is 4.98 Å². The fourth-order valence-corrected chi connectivity index (χ4v) is 2.83. The van der Waals surface area contributed by atoms with Gasteiger partial charge in [0, 0.05) is 16.5 Å². The minimum atomic E-state index is -0.0513. The van der Waals surface area contributed by atoms with E-state index in [-0.39, 0.29) is 10.8 Å². The number of nitrogens with zero attached hydrogens (tertiary/aromatic N) is 4. The number of aromatic amines is 2. The van der Waals surface area contributed by atoms with Crippen molar-refractivity contribution in [1.82, 2.24) is 29.9 Å². The molecule has 0 fully saturated rings. The first kappa shape index (κ1) is 16.7. The van der Waals surface area contributed by atoms with Crippen molar-refractivity contribution in [3.8, 4) is 11.5 Å². The van der Waals surface area contributed by atoms with Crippen LogP contribution in [0.2, 0.25) is 0 Å². The molecule has 0 aliphatic heterocycles. The number of hydrogen-bond donors (Lipinski definition) is 2. The Balaban J connectivity index is 1.81. The second-order valence-electron chi connectivity index (χ2n) is 8.81. The van der Waals surface area contributed by atoms with Crippen molar-refractivity contribution in [1.29, 1.82) is 0 Å². The van der Waals surface area contributed by atoms with Crippen LogP contribution in [0.15, 0.2) is 24.3 Å². The molecule has 0 amide bonds. The quantitative estimate of drug-likeness (QED) is 0.531. The molecule has 2 N–H and O–H groups in total. The van der Waals surface area contributed by atoms with Crippen molar-refractivity contribution >= 4 is 22.3 Å². The maximum atomic E-state index is 4.77. The van der Waals surface area contributed by atoms with Gasteiger partial charge in [0.25, 0.3) is 0 Å². The third kappa shape index (κ3) is 2.85. The Morgan fingerprint density at radius 2 is 1.42 bits per heavy atom. The van der Waals surface area contributed by atoms with Crippen LogP contribution in [0.25, 0.3) is 33.8 Å². The molecule has 0 radical (unpaired) electrons. The number of H-pyrrole nitrogens is 2. The summed E-state index contributed by atoms with van der Waals surface area (Å²) in [4.78, 5) is 25.4. The van der Waals surface area contributed by atoms with Crippen LogP contribution in [-0.4, -0.2) is 29.9 Å². The maximum Gasteiger partial charge on any atom is 0.180 e. The lowest BCUT2D eigenvalue weighted by Crippen LogP contribution is -2.13. The first-order chi connectivity index (χ1) is 12.1. The summed E-state index contributed by atoms with van der Waals surface area (Å²) in [5, 5.41) is 0. The number of imidazole rings is 2. The molecule has 6 heteroatoms. The zero-order valence-electron chi connectivity index (χ0n) is 16.1. The van der Waals surface area contributed by atoms with E-state index in [1.807, 2.05) is 24.3 Å². The highest BCUT2D eigenvalue weighted by molar-refractivity contribution is 5.86. The van der Waals surface area contributed by atoms with Crippen molar-refractivity contribution in [2.75, 3.05) is 0 Å². The van der Waals surface area contributed by atoms with Crippen molar-refractivity contribution in [3.63, 3.8) is 0 Å². The number of hydrogen-bond acceptors (Lipinski definition) is 4. The first-order valence-corrected chi connectivity index (χ1v) is 8.86. The average molecular weight is 348 g/mol. The van der Waals surface area contributed by atoms with Gasteiger partial charge in [0.2, 0.25) is 0 Å². The molecular formula is C20H24N6. The summed E-state index contributed by atoms with van der Waals surface area (Å²) in [6, 6.07) is 8.05. The average Bonchev–Trinajstić information content (AvgIpc) is 3.14. The summed E-state index contributed by atoms with van der Waals surface area (Å²) in [7, 11) is 0. The maximum absolute atomic E-state index is 4.77. The Kier molecular flexibility index (Phi) is 3.45. The highest BCUT2D eigenvalue weighted by Crippen LogP contribution is 2.26. The summed E-state index contributed by atoms with van der Waals surface area (Å²) in [5.74, 6) is 1.65. The minimum Gasteiger partial charge on any atom is -0.340 e. The number of rotatable bonds is 1. The Labute approximate surface area is 152 Å². The molecular weight excluding hydrogens is 324 g/mol. The fraction of sp³-hybridized carbons (Fsp3) is 0.400. The molecule has 134 valence electrons. The summed E-state index contributed by atoms with van der Waals surface area (Å²) in [5.41, 5.74) is 4.93. The van der Waals surface area contributed by atoms with Crippen LogP contribution in [-0.2, 0) is 10.8 Å². The summed E-state index contributed by atoms with van der Waals surface area (Å²) >= 11 is 0. The molecule has 0 unspecified atom stereocenters. The van der Waals surface area contributed by atoms with Crippen LogP contribution in [0.4, 0.5) is 0 Å². The van der Waals surface area contributed by atoms with Gasteiger partial charge in [-0.05, 0) is 18.2 Å². The van der Waals surface area contributed by atoms with Gasteiger partial charge < -0.3 is 9.97 Å². The molecule has 0 atom stereocenters. The van der Waals surface area contributed by atoms with E-state index in [1.54, 1.807) is 0 Å². The molecule has 0 aromatic carbocycles. The van der Waals surface area contributed by atoms with E-state index in [2.05, 4.69) is 66.5 Å². The van der Waals surface area contributed by atoms with E-state index in [0.717, 1.165) is 34.1 Å². The second kappa shape index (κ2) is 5.37. The number of aromatic nitrogens is 6. The van der Waals surface area contributed by atoms with Gasteiger partial charge in [-0.25, -0.2) is 19.9 Å². The molecule has 0 saturated carbocycles. The lowest BCUT2D eigenvalue weighted by atomic mass is 9.91. The van der Waals surface area contributed by atoms with Gasteiger partial charge in [0.1, 0.15) is 11.5 Å². The summed E-state index contributed by atoms with van der Waals surface area (Å²) < 4.78 is 0. The molecule has 4 rings (SSSR count). The highest BCUT2D eigenvalue weighted by Gasteiger charge is 2.20. The summed E-state index contributed by atoms with van der Waals surface area (Å²) in [6.45, 7) is 12.8. The molecule has 0 spiro atoms. The smallest absolute Gasteiger partial charge is 0.180 e. The number of fused-ring (bicyclic) bond motifs is 2. The molecule has 0 aliphatic rings. The largest absolute Gasteiger partial charge is 0.340 e. The Morgan fingerprint density at radius 1 is 0.731 bits per heavy atom. The number of pyridine rings is 2. The highest BCUT2D eigenvalue weighted by atomic mass is 15.1. The Bertz CT molecular complexity index is 1050. The van der Waals surface area contributed by atoms with Crippen LogP contribution in [0.3, 0.4) is 0 Å². The lowest BCUT2D eigenvalue weighted by Gasteiger charge is -2.17. The molecule has 0 bridgehead atoms. The van der Waals surface area contributed by atoms with E-state index in [0.29, 0.717) is 11.3 Å². The van der Waals surface area contributed by atoms with Gasteiger partial charge >= 0.3 is 0 Å². The zero-order valence-corrected chi connectivity index (χ0v) is 16.1. The Morgan fingerprint density at radius 3 is 2.12 bits per heavy atom. The van der Waals surface area contributed by atoms with Gasteiger partial charge in [0.15, 0.2) is 17.1 Å². The number of nitrogens with one attached hydrogen (secondary N) is 2. The SMILES string of the molecule is CC(C)(C)c1cccc(-c2nc3nc4nc(C(C)(C)C)[nH]c4cc3[nH]2)n1. The zero-order chi connectivity index (χ0) is 18.7. The van der Waals surface area contributed by atoms with Gasteiger partial charge in [-0.1, -0.05) is 47.6 Å². The third-order valence-corrected chi connectivity index (χ3v) is 4.39. The predicted molar refractivity (Wildman–Crippen MR) is 104 cm³/mol. The van der Waals surface area contributed by atoms with Crippen molar-refractivity contribution in [2.24, 2.45) is 0 Å². The fourth-order valence-electron chi connectivity index (χ4n) is 2.83. The van der Waals surface area contributed by atoms with Crippen LogP contribution < -0.4 is 0 Å². The molecule has 4 aromatic heterocycles. The lowest BCUT2D eigenvalue weighted by molar-refractivity contribution is 0.554. The monoisotopic (exact) mass is 348 g/mol. The van der Waals surface area contributed by atoms with Crippen LogP contribution in [0.5, 0.6) is 0 Å². The van der Waals surface area contributed by atoms with E-state index in [9.17, 15) is 0 Å². The predicted octanol–water partition coefficient (Wildman–Crippen LogP) is 4.49. The van der Waals surface area contributed by atoms with Crippen LogP contribution >= 0.6 is 0 Å². The third-order valence-electron chi connectivity index (χ3n) is 4.39. The van der Waals surface area contributed by atoms with Crippen LogP contribution in [0, 0.1) is 0 Å². The van der Waals surface area contributed by atoms with E-state index >= 15 is 0 Å². The van der Waals surface area contributed by atoms with Gasteiger partial charge in [-0.15, -0.1) is 0 Å². The van der Waals surface area contributed by atoms with E-state index in [1.165, 1.54) is 0 Å². The molecule has 4 aromatic rings. The van der Waals surface area contributed by atoms with Crippen molar-refractivity contribution in [3.05, 3.63) is 35.8 Å². The minimum absolute atomic E-state index is 0.0105. The normalized spacial score (nSPS) is 13.0. The standard InChI is InChI=1S/C20H24N6/c1-19(2,3)14-9-7-8-11(21-14)15-22-12-10-13-17(25-16(12)24-15)26-18(23-13)20(4,5)6/h7-10H,1-6H3,(H2,22,23,24,25,26). The molecule has 4 heterocycles. The molecule has 0 saturated heterocycles. The van der Waals surface area contributed by atoms with Crippen molar-refractivity contribution in [2.45, 2.75) is 52.4 Å². The van der Waals surface area contributed by atoms with Gasteiger partial charge in [-0.2, -0.15) is 0 Å². The molecule has 0 aliphatic carbocycles. The first-order valence-electron chi connectivity index (χ1n) is 8.86. The topological polar surface area (TPSA) is 83.1 Å². The molecule has 6 nitrogen and oxygen atoms in total. The van der Waals surface area contributed by atoms with Gasteiger partial charge in [0.05, 0.1) is 11.0 Å². The molecule has 26 heavy (non-hydrogen) atoms. The summed E-state index contributed by atoms with van der Waals surface area (Å²) in [6.07, 6.45) is 0. The van der Waals surface area contributed by atoms with Crippen LogP contribution in [0.1, 0.15) is 53.1 Å². The second-order valence-corrected chi connectivity index (χ2v) is 8.81. The van der Waals surface area contributed by atoms with E-state index < -0.39 is 0 Å². The Hall–Kier alpha value is -2.76.